The monoisotopic (exact) mass is 349 g/mol. The summed E-state index contributed by atoms with van der Waals surface area (Å²) in [6.07, 6.45) is 10.3. The maximum Gasteiger partial charge on any atom is 0.272 e. The summed E-state index contributed by atoms with van der Waals surface area (Å²) in [5, 5.41) is 3.40. The lowest BCUT2D eigenvalue weighted by atomic mass is 9.97. The van der Waals surface area contributed by atoms with Crippen LogP contribution in [0.5, 0.6) is 0 Å². The molecule has 0 spiro atoms. The number of nitrogens with one attached hydrogen (secondary N) is 1. The van der Waals surface area contributed by atoms with Crippen LogP contribution in [0.25, 0.3) is 0 Å². The molecule has 0 aliphatic heterocycles. The lowest BCUT2D eigenvalue weighted by Gasteiger charge is -2.17. The van der Waals surface area contributed by atoms with Gasteiger partial charge in [-0.1, -0.05) is 42.0 Å². The molecule has 2 aromatic rings. The topological polar surface area (TPSA) is 45.2 Å². The SMILES string of the molecule is CN(Cc1ccccc1)C(=O)c1ccc(NCCC2=CCCCC2)cn1. The summed E-state index contributed by atoms with van der Waals surface area (Å²) in [5.41, 5.74) is 4.11. The number of carbonyl (C=O) groups excluding carboxylic acids is 1. The Hall–Kier alpha value is -2.62. The molecule has 1 aromatic heterocycles. The average Bonchev–Trinajstić information content (AvgIpc) is 2.69. The second-order valence-corrected chi connectivity index (χ2v) is 6.86. The summed E-state index contributed by atoms with van der Waals surface area (Å²) in [7, 11) is 1.81. The Kier molecular flexibility index (Phi) is 6.42. The number of allylic oxidation sites excluding steroid dienone is 1. The number of hydrogen-bond acceptors (Lipinski definition) is 3. The van der Waals surface area contributed by atoms with Gasteiger partial charge in [-0.15, -0.1) is 0 Å². The van der Waals surface area contributed by atoms with Gasteiger partial charge in [0.15, 0.2) is 0 Å². The number of carbonyl (C=O) groups is 1. The fourth-order valence-corrected chi connectivity index (χ4v) is 3.25. The minimum Gasteiger partial charge on any atom is -0.383 e. The Morgan fingerprint density at radius 3 is 2.69 bits per heavy atom. The smallest absolute Gasteiger partial charge is 0.272 e. The molecule has 4 nitrogen and oxygen atoms in total. The van der Waals surface area contributed by atoms with E-state index in [1.807, 2.05) is 36.4 Å². The molecule has 4 heteroatoms. The maximum absolute atomic E-state index is 12.5. The highest BCUT2D eigenvalue weighted by Gasteiger charge is 2.13. The first-order chi connectivity index (χ1) is 12.7. The standard InChI is InChI=1S/C22H27N3O/c1-25(17-19-10-6-3-7-11-19)22(26)21-13-12-20(16-24-21)23-15-14-18-8-4-2-5-9-18/h3,6-8,10-13,16,23H,2,4-5,9,14-15,17H2,1H3. The fraction of sp³-hybridized carbons (Fsp3) is 0.364. The minimum atomic E-state index is -0.0623. The summed E-state index contributed by atoms with van der Waals surface area (Å²) < 4.78 is 0. The molecule has 1 heterocycles. The normalized spacial score (nSPS) is 13.8. The molecule has 0 unspecified atom stereocenters. The molecular formula is C22H27N3O. The Labute approximate surface area is 155 Å². The van der Waals surface area contributed by atoms with Crippen molar-refractivity contribution in [3.63, 3.8) is 0 Å². The average molecular weight is 349 g/mol. The minimum absolute atomic E-state index is 0.0623. The summed E-state index contributed by atoms with van der Waals surface area (Å²) in [4.78, 5) is 18.5. The third-order valence-electron chi connectivity index (χ3n) is 4.75. The van der Waals surface area contributed by atoms with Gasteiger partial charge in [0.25, 0.3) is 5.91 Å². The first kappa shape index (κ1) is 18.2. The van der Waals surface area contributed by atoms with Gasteiger partial charge in [-0.3, -0.25) is 4.79 Å². The van der Waals surface area contributed by atoms with Crippen LogP contribution >= 0.6 is 0 Å². The van der Waals surface area contributed by atoms with Gasteiger partial charge in [-0.25, -0.2) is 4.98 Å². The molecule has 1 aliphatic rings. The van der Waals surface area contributed by atoms with Crippen LogP contribution in [0, 0.1) is 0 Å². The van der Waals surface area contributed by atoms with Crippen LogP contribution in [0.2, 0.25) is 0 Å². The molecular weight excluding hydrogens is 322 g/mol. The van der Waals surface area contributed by atoms with Crippen LogP contribution in [0.1, 0.15) is 48.2 Å². The second-order valence-electron chi connectivity index (χ2n) is 6.86. The quantitative estimate of drug-likeness (QED) is 0.740. The third kappa shape index (κ3) is 5.19. The number of amides is 1. The van der Waals surface area contributed by atoms with Crippen molar-refractivity contribution in [1.29, 1.82) is 0 Å². The molecule has 1 N–H and O–H groups in total. The van der Waals surface area contributed by atoms with E-state index in [0.717, 1.165) is 24.2 Å². The van der Waals surface area contributed by atoms with Crippen LogP contribution in [0.15, 0.2) is 60.3 Å². The van der Waals surface area contributed by atoms with E-state index >= 15 is 0 Å². The van der Waals surface area contributed by atoms with Crippen molar-refractivity contribution in [1.82, 2.24) is 9.88 Å². The van der Waals surface area contributed by atoms with Gasteiger partial charge in [0.2, 0.25) is 0 Å². The number of benzene rings is 1. The lowest BCUT2D eigenvalue weighted by Crippen LogP contribution is -2.27. The van der Waals surface area contributed by atoms with E-state index in [2.05, 4.69) is 16.4 Å². The summed E-state index contributed by atoms with van der Waals surface area (Å²) in [6.45, 7) is 1.49. The highest BCUT2D eigenvalue weighted by atomic mass is 16.2. The van der Waals surface area contributed by atoms with Gasteiger partial charge in [0.1, 0.15) is 5.69 Å². The van der Waals surface area contributed by atoms with E-state index in [1.54, 1.807) is 29.8 Å². The highest BCUT2D eigenvalue weighted by Crippen LogP contribution is 2.20. The molecule has 0 fully saturated rings. The number of pyridine rings is 1. The van der Waals surface area contributed by atoms with Gasteiger partial charge in [0, 0.05) is 20.1 Å². The van der Waals surface area contributed by atoms with E-state index in [0.29, 0.717) is 12.2 Å². The molecule has 1 aromatic carbocycles. The zero-order chi connectivity index (χ0) is 18.2. The van der Waals surface area contributed by atoms with Crippen LogP contribution in [0.4, 0.5) is 5.69 Å². The van der Waals surface area contributed by atoms with Crippen molar-refractivity contribution in [2.45, 2.75) is 38.6 Å². The van der Waals surface area contributed by atoms with Crippen molar-refractivity contribution in [2.75, 3.05) is 18.9 Å². The van der Waals surface area contributed by atoms with Crippen LogP contribution in [-0.2, 0) is 6.54 Å². The Bertz CT molecular complexity index is 738. The van der Waals surface area contributed by atoms with Crippen molar-refractivity contribution < 1.29 is 4.79 Å². The van der Waals surface area contributed by atoms with E-state index in [9.17, 15) is 4.79 Å². The van der Waals surface area contributed by atoms with E-state index in [-0.39, 0.29) is 5.91 Å². The van der Waals surface area contributed by atoms with Crippen molar-refractivity contribution in [2.24, 2.45) is 0 Å². The predicted molar refractivity (Wildman–Crippen MR) is 106 cm³/mol. The largest absolute Gasteiger partial charge is 0.383 e. The molecule has 0 saturated carbocycles. The molecule has 3 rings (SSSR count). The molecule has 0 atom stereocenters. The first-order valence-electron chi connectivity index (χ1n) is 9.39. The molecule has 1 amide bonds. The molecule has 26 heavy (non-hydrogen) atoms. The van der Waals surface area contributed by atoms with Crippen LogP contribution < -0.4 is 5.32 Å². The number of anilines is 1. The van der Waals surface area contributed by atoms with Gasteiger partial charge in [0.05, 0.1) is 11.9 Å². The fourth-order valence-electron chi connectivity index (χ4n) is 3.25. The Morgan fingerprint density at radius 2 is 2.00 bits per heavy atom. The van der Waals surface area contributed by atoms with Crippen LogP contribution in [-0.4, -0.2) is 29.4 Å². The third-order valence-corrected chi connectivity index (χ3v) is 4.75. The number of nitrogens with zero attached hydrogens (tertiary/aromatic N) is 2. The molecule has 0 radical (unpaired) electrons. The second kappa shape index (κ2) is 9.18. The predicted octanol–water partition coefficient (Wildman–Crippen LogP) is 4.66. The van der Waals surface area contributed by atoms with E-state index in [4.69, 9.17) is 0 Å². The van der Waals surface area contributed by atoms with Gasteiger partial charge in [-0.05, 0) is 49.8 Å². The Balaban J connectivity index is 1.50. The Morgan fingerprint density at radius 1 is 1.15 bits per heavy atom. The number of hydrogen-bond donors (Lipinski definition) is 1. The molecule has 0 bridgehead atoms. The van der Waals surface area contributed by atoms with Crippen molar-refractivity contribution in [3.8, 4) is 0 Å². The van der Waals surface area contributed by atoms with Gasteiger partial charge < -0.3 is 10.2 Å². The first-order valence-corrected chi connectivity index (χ1v) is 9.39. The lowest BCUT2D eigenvalue weighted by molar-refractivity contribution is 0.0779. The van der Waals surface area contributed by atoms with E-state index < -0.39 is 0 Å². The van der Waals surface area contributed by atoms with Crippen molar-refractivity contribution in [3.05, 3.63) is 71.6 Å². The summed E-state index contributed by atoms with van der Waals surface area (Å²) in [6, 6.07) is 13.7. The van der Waals surface area contributed by atoms with E-state index in [1.165, 1.54) is 25.7 Å². The summed E-state index contributed by atoms with van der Waals surface area (Å²) in [5.74, 6) is -0.0623. The molecule has 136 valence electrons. The number of rotatable bonds is 7. The zero-order valence-electron chi connectivity index (χ0n) is 15.4. The van der Waals surface area contributed by atoms with Gasteiger partial charge >= 0.3 is 0 Å². The number of aromatic nitrogens is 1. The molecule has 0 saturated heterocycles. The molecule has 1 aliphatic carbocycles. The summed E-state index contributed by atoms with van der Waals surface area (Å²) >= 11 is 0. The maximum atomic E-state index is 12.5. The highest BCUT2D eigenvalue weighted by molar-refractivity contribution is 5.92. The van der Waals surface area contributed by atoms with Gasteiger partial charge in [-0.2, -0.15) is 0 Å². The zero-order valence-corrected chi connectivity index (χ0v) is 15.4. The van der Waals surface area contributed by atoms with Crippen LogP contribution in [0.3, 0.4) is 0 Å². The van der Waals surface area contributed by atoms with Crippen molar-refractivity contribution >= 4 is 11.6 Å².